The molecule has 0 aliphatic heterocycles. The second-order valence-electron chi connectivity index (χ2n) is 3.85. The summed E-state index contributed by atoms with van der Waals surface area (Å²) in [5.74, 6) is 0.0465. The molecule has 0 rings (SSSR count). The Balaban J connectivity index is 3.65. The van der Waals surface area contributed by atoms with Crippen molar-refractivity contribution in [3.63, 3.8) is 0 Å². The second kappa shape index (κ2) is 5.58. The average Bonchev–Trinajstić information content (AvgIpc) is 2.11. The van der Waals surface area contributed by atoms with Gasteiger partial charge in [0.05, 0.1) is 11.5 Å². The van der Waals surface area contributed by atoms with Crippen molar-refractivity contribution in [2.75, 3.05) is 6.54 Å². The third kappa shape index (κ3) is 6.15. The van der Waals surface area contributed by atoms with Crippen LogP contribution in [0.2, 0.25) is 0 Å². The zero-order valence-electron chi connectivity index (χ0n) is 8.68. The van der Waals surface area contributed by atoms with Crippen LogP contribution < -0.4 is 5.32 Å². The number of nitrogens with zero attached hydrogens (tertiary/aromatic N) is 1. The van der Waals surface area contributed by atoms with Crippen LogP contribution in [0.25, 0.3) is 0 Å². The molecule has 0 fully saturated rings. The summed E-state index contributed by atoms with van der Waals surface area (Å²) >= 11 is 0. The van der Waals surface area contributed by atoms with E-state index in [4.69, 9.17) is 5.26 Å². The molecule has 0 aromatic rings. The van der Waals surface area contributed by atoms with Gasteiger partial charge in [-0.3, -0.25) is 4.79 Å². The Bertz CT molecular complexity index is 203. The fourth-order valence-electron chi connectivity index (χ4n) is 0.835. The number of nitrogens with one attached hydrogen (secondary N) is 1. The molecule has 3 heteroatoms. The Labute approximate surface area is 80.1 Å². The van der Waals surface area contributed by atoms with E-state index in [1.807, 2.05) is 20.8 Å². The van der Waals surface area contributed by atoms with Gasteiger partial charge in [-0.05, 0) is 26.7 Å². The lowest BCUT2D eigenvalue weighted by atomic mass is 9.90. The first-order valence-electron chi connectivity index (χ1n) is 4.70. The number of carbonyl (C=O) groups is 1. The number of hydrogen-bond acceptors (Lipinski definition) is 2. The molecule has 0 unspecified atom stereocenters. The molecule has 3 nitrogen and oxygen atoms in total. The summed E-state index contributed by atoms with van der Waals surface area (Å²) in [5, 5.41) is 11.5. The van der Waals surface area contributed by atoms with Crippen LogP contribution in [0.15, 0.2) is 0 Å². The number of carbonyl (C=O) groups excluding carboxylic acids is 1. The van der Waals surface area contributed by atoms with Crippen molar-refractivity contribution in [2.45, 2.75) is 40.0 Å². The van der Waals surface area contributed by atoms with Crippen LogP contribution in [0.1, 0.15) is 40.0 Å². The summed E-state index contributed by atoms with van der Waals surface area (Å²) < 4.78 is 0. The summed E-state index contributed by atoms with van der Waals surface area (Å²) in [5.41, 5.74) is -0.385. The molecule has 0 aliphatic rings. The Kier molecular flexibility index (Phi) is 5.13. The number of rotatable bonds is 5. The summed E-state index contributed by atoms with van der Waals surface area (Å²) in [4.78, 5) is 11.1. The predicted octanol–water partition coefficient (Wildman–Crippen LogP) is 1.84. The van der Waals surface area contributed by atoms with Gasteiger partial charge in [0, 0.05) is 13.0 Å². The van der Waals surface area contributed by atoms with E-state index in [9.17, 15) is 4.79 Å². The maximum Gasteiger partial charge on any atom is 0.220 e. The Morgan fingerprint density at radius 1 is 1.54 bits per heavy atom. The van der Waals surface area contributed by atoms with Gasteiger partial charge in [-0.15, -0.1) is 0 Å². The van der Waals surface area contributed by atoms with Crippen LogP contribution in [0, 0.1) is 16.7 Å². The van der Waals surface area contributed by atoms with Crippen LogP contribution >= 0.6 is 0 Å². The largest absolute Gasteiger partial charge is 0.356 e. The van der Waals surface area contributed by atoms with E-state index in [0.717, 1.165) is 13.0 Å². The standard InChI is InChI=1S/C10H18N2O/c1-4-7-12-9(13)5-6-10(2,3)8-11/h4-7H2,1-3H3,(H,12,13). The van der Waals surface area contributed by atoms with Gasteiger partial charge in [0.15, 0.2) is 0 Å². The number of amides is 1. The fourth-order valence-corrected chi connectivity index (χ4v) is 0.835. The van der Waals surface area contributed by atoms with E-state index in [1.54, 1.807) is 0 Å². The predicted molar refractivity (Wildman–Crippen MR) is 51.9 cm³/mol. The van der Waals surface area contributed by atoms with Gasteiger partial charge in [0.1, 0.15) is 0 Å². The lowest BCUT2D eigenvalue weighted by molar-refractivity contribution is -0.121. The van der Waals surface area contributed by atoms with Crippen molar-refractivity contribution >= 4 is 5.91 Å². The molecule has 1 N–H and O–H groups in total. The molecular formula is C10H18N2O. The molecule has 0 bridgehead atoms. The van der Waals surface area contributed by atoms with Crippen molar-refractivity contribution in [2.24, 2.45) is 5.41 Å². The molecule has 74 valence electrons. The van der Waals surface area contributed by atoms with E-state index in [1.165, 1.54) is 0 Å². The average molecular weight is 182 g/mol. The van der Waals surface area contributed by atoms with Crippen LogP contribution in [0.3, 0.4) is 0 Å². The van der Waals surface area contributed by atoms with Crippen molar-refractivity contribution in [3.05, 3.63) is 0 Å². The topological polar surface area (TPSA) is 52.9 Å². The number of nitriles is 1. The zero-order chi connectivity index (χ0) is 10.3. The van der Waals surface area contributed by atoms with Gasteiger partial charge in [0.2, 0.25) is 5.91 Å². The van der Waals surface area contributed by atoms with E-state index in [-0.39, 0.29) is 11.3 Å². The maximum atomic E-state index is 11.1. The lowest BCUT2D eigenvalue weighted by Gasteiger charge is -2.13. The van der Waals surface area contributed by atoms with Gasteiger partial charge >= 0.3 is 0 Å². The smallest absolute Gasteiger partial charge is 0.220 e. The molecule has 0 atom stereocenters. The first-order chi connectivity index (χ1) is 6.02. The minimum absolute atomic E-state index is 0.0465. The highest BCUT2D eigenvalue weighted by Crippen LogP contribution is 2.20. The second-order valence-corrected chi connectivity index (χ2v) is 3.85. The minimum Gasteiger partial charge on any atom is -0.356 e. The minimum atomic E-state index is -0.385. The third-order valence-corrected chi connectivity index (χ3v) is 1.85. The van der Waals surface area contributed by atoms with E-state index < -0.39 is 0 Å². The Morgan fingerprint density at radius 2 is 2.15 bits per heavy atom. The summed E-state index contributed by atoms with van der Waals surface area (Å²) in [7, 11) is 0. The molecule has 0 heterocycles. The van der Waals surface area contributed by atoms with E-state index >= 15 is 0 Å². The van der Waals surface area contributed by atoms with E-state index in [2.05, 4.69) is 11.4 Å². The quantitative estimate of drug-likeness (QED) is 0.705. The molecular weight excluding hydrogens is 164 g/mol. The van der Waals surface area contributed by atoms with Gasteiger partial charge in [-0.1, -0.05) is 6.92 Å². The van der Waals surface area contributed by atoms with Gasteiger partial charge in [-0.25, -0.2) is 0 Å². The van der Waals surface area contributed by atoms with Crippen molar-refractivity contribution in [1.29, 1.82) is 5.26 Å². The molecule has 0 aliphatic carbocycles. The third-order valence-electron chi connectivity index (χ3n) is 1.85. The van der Waals surface area contributed by atoms with Crippen LogP contribution in [0.4, 0.5) is 0 Å². The molecule has 1 amide bonds. The normalized spacial score (nSPS) is 10.6. The highest BCUT2D eigenvalue weighted by atomic mass is 16.1. The van der Waals surface area contributed by atoms with Crippen LogP contribution in [-0.2, 0) is 4.79 Å². The molecule has 0 radical (unpaired) electrons. The fraction of sp³-hybridized carbons (Fsp3) is 0.800. The molecule has 0 aromatic heterocycles. The van der Waals surface area contributed by atoms with Crippen molar-refractivity contribution in [3.8, 4) is 6.07 Å². The zero-order valence-corrected chi connectivity index (χ0v) is 8.68. The van der Waals surface area contributed by atoms with Gasteiger partial charge in [0.25, 0.3) is 0 Å². The van der Waals surface area contributed by atoms with Crippen LogP contribution in [-0.4, -0.2) is 12.5 Å². The number of hydrogen-bond donors (Lipinski definition) is 1. The van der Waals surface area contributed by atoms with Gasteiger partial charge < -0.3 is 5.32 Å². The summed E-state index contributed by atoms with van der Waals surface area (Å²) in [6, 6.07) is 2.17. The first kappa shape index (κ1) is 12.0. The van der Waals surface area contributed by atoms with Crippen molar-refractivity contribution in [1.82, 2.24) is 5.32 Å². The molecule has 13 heavy (non-hydrogen) atoms. The van der Waals surface area contributed by atoms with Gasteiger partial charge in [-0.2, -0.15) is 5.26 Å². The first-order valence-corrected chi connectivity index (χ1v) is 4.70. The van der Waals surface area contributed by atoms with Crippen LogP contribution in [0.5, 0.6) is 0 Å². The molecule has 0 saturated heterocycles. The lowest BCUT2D eigenvalue weighted by Crippen LogP contribution is -2.25. The molecule has 0 saturated carbocycles. The SMILES string of the molecule is CCCNC(=O)CCC(C)(C)C#N. The highest BCUT2D eigenvalue weighted by Gasteiger charge is 2.17. The monoisotopic (exact) mass is 182 g/mol. The highest BCUT2D eigenvalue weighted by molar-refractivity contribution is 5.75. The summed E-state index contributed by atoms with van der Waals surface area (Å²) in [6.45, 7) is 6.44. The van der Waals surface area contributed by atoms with E-state index in [0.29, 0.717) is 12.8 Å². The Morgan fingerprint density at radius 3 is 2.62 bits per heavy atom. The molecule has 0 spiro atoms. The summed E-state index contributed by atoms with van der Waals surface area (Å²) in [6.07, 6.45) is 2.02. The van der Waals surface area contributed by atoms with Crippen molar-refractivity contribution < 1.29 is 4.79 Å². The maximum absolute atomic E-state index is 11.1. The Hall–Kier alpha value is -1.04. The molecule has 0 aromatic carbocycles.